The molecule has 0 amide bonds. The fraction of sp³-hybridized carbons (Fsp3) is 0.250. The average molecular weight is 280 g/mol. The fourth-order valence-corrected chi connectivity index (χ4v) is 1.15. The summed E-state index contributed by atoms with van der Waals surface area (Å²) in [5.41, 5.74) is 0. The molecule has 0 saturated carbocycles. The quantitative estimate of drug-likeness (QED) is 0.413. The van der Waals surface area contributed by atoms with Gasteiger partial charge in [0.15, 0.2) is 0 Å². The van der Waals surface area contributed by atoms with Crippen LogP contribution in [0.15, 0.2) is 0 Å². The van der Waals surface area contributed by atoms with Crippen LogP contribution in [0.3, 0.4) is 0 Å². The van der Waals surface area contributed by atoms with E-state index in [0.29, 0.717) is 0 Å². The van der Waals surface area contributed by atoms with E-state index in [1.54, 1.807) is 0 Å². The molecule has 1 aliphatic rings. The second kappa shape index (κ2) is 3.39. The Morgan fingerprint density at radius 1 is 0.556 bits per heavy atom. The molecule has 0 unspecified atom stereocenters. The van der Waals surface area contributed by atoms with Crippen LogP contribution < -0.4 is 9.47 Å². The van der Waals surface area contributed by atoms with Gasteiger partial charge in [-0.15, -0.1) is 0 Å². The Morgan fingerprint density at radius 2 is 0.833 bits per heavy atom. The zero-order valence-corrected chi connectivity index (χ0v) is 7.84. The van der Waals surface area contributed by atoms with Gasteiger partial charge in [0.1, 0.15) is 0 Å². The summed E-state index contributed by atoms with van der Waals surface area (Å²) in [6.07, 6.45) is -10.7. The van der Waals surface area contributed by atoms with Crippen molar-refractivity contribution in [2.24, 2.45) is 0 Å². The predicted octanol–water partition coefficient (Wildman–Crippen LogP) is 3.20. The van der Waals surface area contributed by atoms with Gasteiger partial charge in [0.25, 0.3) is 0 Å². The molecule has 1 aliphatic heterocycles. The number of rotatable bonds is 0. The molecule has 2 rings (SSSR count). The predicted molar refractivity (Wildman–Crippen MR) is 37.4 cm³/mol. The van der Waals surface area contributed by atoms with Crippen molar-refractivity contribution in [3.63, 3.8) is 0 Å². The third kappa shape index (κ3) is 1.47. The average Bonchev–Trinajstić information content (AvgIpc) is 2.26. The first kappa shape index (κ1) is 12.7. The van der Waals surface area contributed by atoms with Gasteiger partial charge in [0.2, 0.25) is 34.8 Å². The molecule has 10 heteroatoms. The molecule has 0 N–H and O–H groups in total. The molecule has 0 fully saturated rings. The first-order chi connectivity index (χ1) is 8.08. The van der Waals surface area contributed by atoms with Gasteiger partial charge < -0.3 is 9.47 Å². The molecule has 1 aromatic carbocycles. The van der Waals surface area contributed by atoms with E-state index in [9.17, 15) is 35.1 Å². The van der Waals surface area contributed by atoms with Gasteiger partial charge in [-0.1, -0.05) is 0 Å². The van der Waals surface area contributed by atoms with Crippen molar-refractivity contribution < 1.29 is 44.6 Å². The lowest BCUT2D eigenvalue weighted by Gasteiger charge is -2.32. The summed E-state index contributed by atoms with van der Waals surface area (Å²) in [5.74, 6) is -13.7. The minimum absolute atomic E-state index is 1.97. The van der Waals surface area contributed by atoms with Crippen molar-refractivity contribution in [1.29, 1.82) is 0 Å². The van der Waals surface area contributed by atoms with Gasteiger partial charge in [-0.25, -0.2) is 8.78 Å². The Morgan fingerprint density at radius 3 is 1.11 bits per heavy atom. The van der Waals surface area contributed by atoms with Gasteiger partial charge in [0.05, 0.1) is 0 Å². The van der Waals surface area contributed by atoms with Gasteiger partial charge in [0, 0.05) is 0 Å². The maximum atomic E-state index is 13.0. The highest BCUT2D eigenvalue weighted by atomic mass is 19.3. The van der Waals surface area contributed by atoms with Crippen molar-refractivity contribution >= 4 is 0 Å². The van der Waals surface area contributed by atoms with Gasteiger partial charge in [-0.3, -0.25) is 0 Å². The molecule has 0 saturated heterocycles. The minimum atomic E-state index is -5.36. The van der Waals surface area contributed by atoms with Crippen LogP contribution in [0.25, 0.3) is 0 Å². The van der Waals surface area contributed by atoms with E-state index in [0.717, 1.165) is 0 Å². The van der Waals surface area contributed by atoms with Crippen molar-refractivity contribution in [2.75, 3.05) is 0 Å². The molecule has 0 spiro atoms. The van der Waals surface area contributed by atoms with Crippen molar-refractivity contribution in [1.82, 2.24) is 0 Å². The first-order valence-corrected chi connectivity index (χ1v) is 4.08. The van der Waals surface area contributed by atoms with Gasteiger partial charge >= 0.3 is 12.2 Å². The lowest BCUT2D eigenvalue weighted by Crippen LogP contribution is -2.52. The summed E-state index contributed by atoms with van der Waals surface area (Å²) in [6, 6.07) is 0. The molecule has 1 heterocycles. The third-order valence-electron chi connectivity index (χ3n) is 1.98. The first-order valence-electron chi connectivity index (χ1n) is 4.08. The smallest absolute Gasteiger partial charge is 0.418 e. The normalized spacial score (nSPS) is 19.8. The maximum absolute atomic E-state index is 13.0. The van der Waals surface area contributed by atoms with Crippen LogP contribution in [-0.2, 0) is 0 Å². The highest BCUT2D eigenvalue weighted by Gasteiger charge is 2.67. The molecule has 0 aliphatic carbocycles. The van der Waals surface area contributed by atoms with E-state index in [1.165, 1.54) is 0 Å². The zero-order valence-electron chi connectivity index (χ0n) is 7.84. The van der Waals surface area contributed by atoms with Crippen LogP contribution in [0, 0.1) is 23.3 Å². The summed E-state index contributed by atoms with van der Waals surface area (Å²) in [6.45, 7) is 0. The lowest BCUT2D eigenvalue weighted by molar-refractivity contribution is -0.392. The molecule has 0 bridgehead atoms. The summed E-state index contributed by atoms with van der Waals surface area (Å²) in [7, 11) is 0. The number of ether oxygens (including phenoxy) is 2. The second-order valence-corrected chi connectivity index (χ2v) is 3.15. The fourth-order valence-electron chi connectivity index (χ4n) is 1.15. The van der Waals surface area contributed by atoms with Crippen LogP contribution in [-0.4, -0.2) is 12.2 Å². The van der Waals surface area contributed by atoms with Crippen LogP contribution in [0.1, 0.15) is 0 Å². The van der Waals surface area contributed by atoms with E-state index in [-0.39, 0.29) is 0 Å². The number of hydrogen-bond acceptors (Lipinski definition) is 2. The van der Waals surface area contributed by atoms with Crippen molar-refractivity contribution in [2.45, 2.75) is 12.2 Å². The molecule has 1 aromatic rings. The van der Waals surface area contributed by atoms with E-state index in [1.807, 2.05) is 0 Å². The van der Waals surface area contributed by atoms with E-state index < -0.39 is 47.0 Å². The Kier molecular flexibility index (Phi) is 2.39. The van der Waals surface area contributed by atoms with Crippen LogP contribution in [0.4, 0.5) is 35.1 Å². The Bertz CT molecular complexity index is 480. The van der Waals surface area contributed by atoms with Gasteiger partial charge in [-0.2, -0.15) is 26.3 Å². The molecule has 100 valence electrons. The monoisotopic (exact) mass is 280 g/mol. The number of fused-ring (bicyclic) bond motifs is 1. The molecular weight excluding hydrogens is 280 g/mol. The lowest BCUT2D eigenvalue weighted by atomic mass is 10.2. The number of alkyl halides is 4. The van der Waals surface area contributed by atoms with E-state index >= 15 is 0 Å². The number of benzene rings is 1. The van der Waals surface area contributed by atoms with E-state index in [2.05, 4.69) is 9.47 Å². The molecule has 18 heavy (non-hydrogen) atoms. The molecule has 0 aromatic heterocycles. The SMILES string of the molecule is Fc1c(F)c(F)c2c(c1F)OC(F)(F)C(F)(F)O2. The highest BCUT2D eigenvalue weighted by molar-refractivity contribution is 5.45. The summed E-state index contributed by atoms with van der Waals surface area (Å²) in [4.78, 5) is 0. The molecule has 2 nitrogen and oxygen atoms in total. The standard InChI is InChI=1S/C8F8O2/c9-1-2(10)4(12)6-5(3(1)11)17-7(13,14)8(15,16)18-6. The molecule has 0 radical (unpaired) electrons. The third-order valence-corrected chi connectivity index (χ3v) is 1.98. The van der Waals surface area contributed by atoms with Crippen LogP contribution in [0.5, 0.6) is 11.5 Å². The van der Waals surface area contributed by atoms with Crippen LogP contribution >= 0.6 is 0 Å². The van der Waals surface area contributed by atoms with Gasteiger partial charge in [-0.05, 0) is 0 Å². The Balaban J connectivity index is 2.71. The maximum Gasteiger partial charge on any atom is 0.507 e. The van der Waals surface area contributed by atoms with E-state index in [4.69, 9.17) is 0 Å². The van der Waals surface area contributed by atoms with Crippen LogP contribution in [0.2, 0.25) is 0 Å². The Hall–Kier alpha value is -1.74. The topological polar surface area (TPSA) is 18.5 Å². The number of halogens is 8. The van der Waals surface area contributed by atoms with Crippen molar-refractivity contribution in [3.05, 3.63) is 23.3 Å². The highest BCUT2D eigenvalue weighted by Crippen LogP contribution is 2.50. The Labute approximate surface area is 92.7 Å². The summed E-state index contributed by atoms with van der Waals surface area (Å²) in [5, 5.41) is 0. The molecule has 0 atom stereocenters. The largest absolute Gasteiger partial charge is 0.507 e. The summed E-state index contributed by atoms with van der Waals surface area (Å²) < 4.78 is 108. The van der Waals surface area contributed by atoms with Crippen molar-refractivity contribution in [3.8, 4) is 11.5 Å². The molecular formula is C8F8O2. The summed E-state index contributed by atoms with van der Waals surface area (Å²) >= 11 is 0. The minimum Gasteiger partial charge on any atom is -0.418 e. The zero-order chi connectivity index (χ0) is 13.9. The number of hydrogen-bond donors (Lipinski definition) is 0. The second-order valence-electron chi connectivity index (χ2n) is 3.15.